The van der Waals surface area contributed by atoms with Crippen LogP contribution in [-0.4, -0.2) is 30.1 Å². The van der Waals surface area contributed by atoms with Crippen LogP contribution in [-0.2, 0) is 0 Å². The highest BCUT2D eigenvalue weighted by Crippen LogP contribution is 2.31. The normalized spacial score (nSPS) is 28.4. The summed E-state index contributed by atoms with van der Waals surface area (Å²) in [5.74, 6) is 0.717. The summed E-state index contributed by atoms with van der Waals surface area (Å²) in [7, 11) is 2.28. The minimum absolute atomic E-state index is 0.315. The Morgan fingerprint density at radius 2 is 1.87 bits per heavy atom. The van der Waals surface area contributed by atoms with Crippen molar-refractivity contribution in [2.24, 2.45) is 11.7 Å². The first-order valence-corrected chi connectivity index (χ1v) is 6.46. The van der Waals surface area contributed by atoms with E-state index in [1.54, 1.807) is 0 Å². The number of nitrogens with zero attached hydrogens (tertiary/aromatic N) is 1. The molecular weight excluding hydrogens is 184 g/mol. The van der Waals surface area contributed by atoms with E-state index in [0.29, 0.717) is 11.6 Å². The van der Waals surface area contributed by atoms with Gasteiger partial charge in [-0.15, -0.1) is 0 Å². The molecule has 0 aromatic heterocycles. The van der Waals surface area contributed by atoms with E-state index in [-0.39, 0.29) is 0 Å². The zero-order valence-electron chi connectivity index (χ0n) is 10.9. The van der Waals surface area contributed by atoms with Crippen LogP contribution in [0.15, 0.2) is 0 Å². The van der Waals surface area contributed by atoms with E-state index in [1.165, 1.54) is 32.1 Å². The molecule has 0 heterocycles. The van der Waals surface area contributed by atoms with Crippen molar-refractivity contribution in [3.63, 3.8) is 0 Å². The second kappa shape index (κ2) is 5.31. The molecule has 0 bridgehead atoms. The van der Waals surface area contributed by atoms with Crippen molar-refractivity contribution in [1.29, 1.82) is 0 Å². The van der Waals surface area contributed by atoms with Crippen LogP contribution >= 0.6 is 0 Å². The zero-order chi connectivity index (χ0) is 11.5. The smallest absolute Gasteiger partial charge is 0.0150 e. The number of hydrogen-bond donors (Lipinski definition) is 1. The monoisotopic (exact) mass is 212 g/mol. The predicted octanol–water partition coefficient (Wildman–Crippen LogP) is 2.62. The largest absolute Gasteiger partial charge is 0.330 e. The van der Waals surface area contributed by atoms with Gasteiger partial charge in [0.1, 0.15) is 0 Å². The van der Waals surface area contributed by atoms with Gasteiger partial charge in [0.2, 0.25) is 0 Å². The van der Waals surface area contributed by atoms with Crippen LogP contribution in [0.25, 0.3) is 0 Å². The lowest BCUT2D eigenvalue weighted by atomic mass is 9.81. The van der Waals surface area contributed by atoms with E-state index in [2.05, 4.69) is 32.7 Å². The molecule has 90 valence electrons. The summed E-state index contributed by atoms with van der Waals surface area (Å²) in [4.78, 5) is 2.57. The second-order valence-corrected chi connectivity index (χ2v) is 5.62. The van der Waals surface area contributed by atoms with Crippen LogP contribution in [0.3, 0.4) is 0 Å². The van der Waals surface area contributed by atoms with Gasteiger partial charge in [-0.25, -0.2) is 0 Å². The number of nitrogens with two attached hydrogens (primary N) is 1. The quantitative estimate of drug-likeness (QED) is 0.776. The summed E-state index contributed by atoms with van der Waals surface area (Å²) in [6.07, 6.45) is 6.62. The van der Waals surface area contributed by atoms with Crippen molar-refractivity contribution in [3.05, 3.63) is 0 Å². The molecule has 2 unspecified atom stereocenters. The molecule has 2 heteroatoms. The fourth-order valence-electron chi connectivity index (χ4n) is 2.67. The van der Waals surface area contributed by atoms with E-state index < -0.39 is 0 Å². The standard InChI is InChI=1S/C13H28N2/c1-5-13(2,3)15(4)12-9-7-6-8-11(12)10-14/h11-12H,5-10,14H2,1-4H3. The molecule has 15 heavy (non-hydrogen) atoms. The van der Waals surface area contributed by atoms with Gasteiger partial charge in [0.25, 0.3) is 0 Å². The molecule has 0 spiro atoms. The molecule has 1 aliphatic carbocycles. The van der Waals surface area contributed by atoms with Crippen LogP contribution < -0.4 is 5.73 Å². The third-order valence-electron chi connectivity index (χ3n) is 4.49. The highest BCUT2D eigenvalue weighted by Gasteiger charge is 2.33. The molecule has 2 nitrogen and oxygen atoms in total. The summed E-state index contributed by atoms with van der Waals surface area (Å²) in [6.45, 7) is 7.82. The fourth-order valence-corrected chi connectivity index (χ4v) is 2.67. The third kappa shape index (κ3) is 2.94. The molecule has 1 aliphatic rings. The molecule has 1 fully saturated rings. The molecule has 2 N–H and O–H groups in total. The lowest BCUT2D eigenvalue weighted by Gasteiger charge is -2.45. The predicted molar refractivity (Wildman–Crippen MR) is 66.9 cm³/mol. The van der Waals surface area contributed by atoms with Gasteiger partial charge in [-0.2, -0.15) is 0 Å². The molecule has 0 aromatic rings. The van der Waals surface area contributed by atoms with Gasteiger partial charge in [-0.3, -0.25) is 4.90 Å². The van der Waals surface area contributed by atoms with E-state index in [1.807, 2.05) is 0 Å². The zero-order valence-corrected chi connectivity index (χ0v) is 10.9. The minimum Gasteiger partial charge on any atom is -0.330 e. The van der Waals surface area contributed by atoms with Gasteiger partial charge in [-0.1, -0.05) is 19.8 Å². The van der Waals surface area contributed by atoms with E-state index in [9.17, 15) is 0 Å². The Hall–Kier alpha value is -0.0800. The first-order chi connectivity index (χ1) is 7.03. The Morgan fingerprint density at radius 1 is 1.27 bits per heavy atom. The van der Waals surface area contributed by atoms with Crippen molar-refractivity contribution in [1.82, 2.24) is 4.90 Å². The lowest BCUT2D eigenvalue weighted by molar-refractivity contribution is 0.0429. The van der Waals surface area contributed by atoms with Gasteiger partial charge in [0, 0.05) is 11.6 Å². The molecule has 1 rings (SSSR count). The van der Waals surface area contributed by atoms with Crippen molar-refractivity contribution in [2.75, 3.05) is 13.6 Å². The SMILES string of the molecule is CCC(C)(C)N(C)C1CCCCC1CN. The molecule has 0 amide bonds. The van der Waals surface area contributed by atoms with Crippen LogP contribution in [0.5, 0.6) is 0 Å². The first kappa shape index (κ1) is 13.0. The summed E-state index contributed by atoms with van der Waals surface area (Å²) in [5, 5.41) is 0. The highest BCUT2D eigenvalue weighted by atomic mass is 15.2. The van der Waals surface area contributed by atoms with Crippen molar-refractivity contribution in [3.8, 4) is 0 Å². The van der Waals surface area contributed by atoms with Gasteiger partial charge in [-0.05, 0) is 52.6 Å². The maximum atomic E-state index is 5.89. The number of hydrogen-bond acceptors (Lipinski definition) is 2. The van der Waals surface area contributed by atoms with Crippen molar-refractivity contribution >= 4 is 0 Å². The summed E-state index contributed by atoms with van der Waals surface area (Å²) >= 11 is 0. The van der Waals surface area contributed by atoms with E-state index in [0.717, 1.165) is 12.5 Å². The maximum absolute atomic E-state index is 5.89. The molecule has 2 atom stereocenters. The Bertz CT molecular complexity index is 189. The van der Waals surface area contributed by atoms with Crippen LogP contribution in [0.2, 0.25) is 0 Å². The Balaban J connectivity index is 2.67. The van der Waals surface area contributed by atoms with Crippen LogP contribution in [0.4, 0.5) is 0 Å². The third-order valence-corrected chi connectivity index (χ3v) is 4.49. The van der Waals surface area contributed by atoms with Gasteiger partial charge >= 0.3 is 0 Å². The summed E-state index contributed by atoms with van der Waals surface area (Å²) in [5.41, 5.74) is 6.20. The Kier molecular flexibility index (Phi) is 4.60. The summed E-state index contributed by atoms with van der Waals surface area (Å²) < 4.78 is 0. The minimum atomic E-state index is 0.315. The molecular formula is C13H28N2. The van der Waals surface area contributed by atoms with Gasteiger partial charge in [0.15, 0.2) is 0 Å². The maximum Gasteiger partial charge on any atom is 0.0150 e. The average molecular weight is 212 g/mol. The highest BCUT2D eigenvalue weighted by molar-refractivity contribution is 4.89. The van der Waals surface area contributed by atoms with E-state index >= 15 is 0 Å². The lowest BCUT2D eigenvalue weighted by Crippen LogP contribution is -2.52. The molecule has 0 radical (unpaired) electrons. The fraction of sp³-hybridized carbons (Fsp3) is 1.00. The Morgan fingerprint density at radius 3 is 2.40 bits per heavy atom. The van der Waals surface area contributed by atoms with Crippen molar-refractivity contribution < 1.29 is 0 Å². The van der Waals surface area contributed by atoms with Crippen molar-refractivity contribution in [2.45, 2.75) is 64.5 Å². The molecule has 0 saturated heterocycles. The van der Waals surface area contributed by atoms with Crippen LogP contribution in [0.1, 0.15) is 52.9 Å². The van der Waals surface area contributed by atoms with Gasteiger partial charge < -0.3 is 5.73 Å². The van der Waals surface area contributed by atoms with Gasteiger partial charge in [0.05, 0.1) is 0 Å². The number of rotatable bonds is 4. The summed E-state index contributed by atoms with van der Waals surface area (Å²) in [6, 6.07) is 0.707. The first-order valence-electron chi connectivity index (χ1n) is 6.46. The topological polar surface area (TPSA) is 29.3 Å². The molecule has 1 saturated carbocycles. The Labute approximate surface area is 95.2 Å². The molecule has 0 aromatic carbocycles. The second-order valence-electron chi connectivity index (χ2n) is 5.62. The van der Waals surface area contributed by atoms with Crippen LogP contribution in [0, 0.1) is 5.92 Å². The average Bonchev–Trinajstić information content (AvgIpc) is 2.28. The van der Waals surface area contributed by atoms with E-state index in [4.69, 9.17) is 5.73 Å². The molecule has 0 aliphatic heterocycles.